The van der Waals surface area contributed by atoms with Crippen LogP contribution in [-0.2, 0) is 14.8 Å². The quantitative estimate of drug-likeness (QED) is 0.777. The standard InChI is InChI=1S/C15H23N3O3S/c1-10-9-12(7-8-17-10)15(19)18-13-5-4-6-14(11(13)2)22(20,21)16-3/h4-6,10,12,16-17H,7-9H2,1-3H3,(H,18,19)/t10-,12-/m0/s1. The first kappa shape index (κ1) is 16.9. The number of nitrogens with one attached hydrogen (secondary N) is 3. The van der Waals surface area contributed by atoms with Gasteiger partial charge < -0.3 is 10.6 Å². The Morgan fingerprint density at radius 1 is 1.36 bits per heavy atom. The van der Waals surface area contributed by atoms with Crippen molar-refractivity contribution in [1.29, 1.82) is 0 Å². The van der Waals surface area contributed by atoms with Gasteiger partial charge in [-0.25, -0.2) is 13.1 Å². The van der Waals surface area contributed by atoms with Crippen molar-refractivity contribution in [1.82, 2.24) is 10.0 Å². The molecule has 0 spiro atoms. The van der Waals surface area contributed by atoms with Gasteiger partial charge in [-0.15, -0.1) is 0 Å². The zero-order chi connectivity index (χ0) is 16.3. The minimum atomic E-state index is -3.53. The summed E-state index contributed by atoms with van der Waals surface area (Å²) in [6, 6.07) is 5.22. The van der Waals surface area contributed by atoms with Crippen LogP contribution in [-0.4, -0.2) is 34.0 Å². The second-order valence-electron chi connectivity index (χ2n) is 5.70. The lowest BCUT2D eigenvalue weighted by Crippen LogP contribution is -2.40. The average molecular weight is 325 g/mol. The van der Waals surface area contributed by atoms with E-state index in [4.69, 9.17) is 0 Å². The number of amides is 1. The van der Waals surface area contributed by atoms with Gasteiger partial charge in [-0.2, -0.15) is 0 Å². The van der Waals surface area contributed by atoms with Crippen molar-refractivity contribution in [2.45, 2.75) is 37.6 Å². The molecule has 0 unspecified atom stereocenters. The zero-order valence-electron chi connectivity index (χ0n) is 13.1. The molecule has 7 heteroatoms. The van der Waals surface area contributed by atoms with E-state index in [0.717, 1.165) is 19.4 Å². The van der Waals surface area contributed by atoms with Crippen LogP contribution in [0.2, 0.25) is 0 Å². The third kappa shape index (κ3) is 3.66. The number of hydrogen-bond donors (Lipinski definition) is 3. The molecule has 1 fully saturated rings. The Morgan fingerprint density at radius 3 is 2.73 bits per heavy atom. The monoisotopic (exact) mass is 325 g/mol. The van der Waals surface area contributed by atoms with Crippen molar-refractivity contribution in [3.05, 3.63) is 23.8 Å². The minimum absolute atomic E-state index is 0.0415. The first-order chi connectivity index (χ1) is 10.3. The fourth-order valence-electron chi connectivity index (χ4n) is 2.76. The lowest BCUT2D eigenvalue weighted by Gasteiger charge is -2.27. The molecule has 0 bridgehead atoms. The fourth-order valence-corrected chi connectivity index (χ4v) is 3.75. The SMILES string of the molecule is CNS(=O)(=O)c1cccc(NC(=O)[C@H]2CCN[C@@H](C)C2)c1C. The molecule has 2 rings (SSSR count). The Balaban J connectivity index is 2.20. The van der Waals surface area contributed by atoms with E-state index in [0.29, 0.717) is 17.3 Å². The highest BCUT2D eigenvalue weighted by molar-refractivity contribution is 7.89. The van der Waals surface area contributed by atoms with Gasteiger partial charge in [-0.05, 0) is 58.0 Å². The van der Waals surface area contributed by atoms with Crippen LogP contribution in [0.4, 0.5) is 5.69 Å². The molecule has 1 aliphatic rings. The number of carbonyl (C=O) groups excluding carboxylic acids is 1. The molecule has 22 heavy (non-hydrogen) atoms. The number of piperidine rings is 1. The van der Waals surface area contributed by atoms with Crippen LogP contribution in [0.5, 0.6) is 0 Å². The summed E-state index contributed by atoms with van der Waals surface area (Å²) in [5, 5.41) is 6.19. The number of carbonyl (C=O) groups is 1. The molecule has 0 aromatic heterocycles. The molecule has 1 aromatic carbocycles. The predicted molar refractivity (Wildman–Crippen MR) is 86.2 cm³/mol. The molecular weight excluding hydrogens is 302 g/mol. The molecule has 1 heterocycles. The van der Waals surface area contributed by atoms with Crippen molar-refractivity contribution in [2.75, 3.05) is 18.9 Å². The third-order valence-corrected chi connectivity index (χ3v) is 5.65. The molecule has 1 aromatic rings. The maximum Gasteiger partial charge on any atom is 0.240 e. The Morgan fingerprint density at radius 2 is 2.09 bits per heavy atom. The average Bonchev–Trinajstić information content (AvgIpc) is 2.49. The molecule has 0 saturated carbocycles. The minimum Gasteiger partial charge on any atom is -0.326 e. The van der Waals surface area contributed by atoms with Gasteiger partial charge in [-0.1, -0.05) is 6.07 Å². The molecule has 1 saturated heterocycles. The van der Waals surface area contributed by atoms with Gasteiger partial charge in [0.1, 0.15) is 0 Å². The van der Waals surface area contributed by atoms with Gasteiger partial charge in [-0.3, -0.25) is 4.79 Å². The number of hydrogen-bond acceptors (Lipinski definition) is 4. The summed E-state index contributed by atoms with van der Waals surface area (Å²) in [4.78, 5) is 12.6. The van der Waals surface area contributed by atoms with Crippen molar-refractivity contribution >= 4 is 21.6 Å². The maximum absolute atomic E-state index is 12.4. The number of anilines is 1. The lowest BCUT2D eigenvalue weighted by molar-refractivity contribution is -0.120. The van der Waals surface area contributed by atoms with Crippen LogP contribution in [0, 0.1) is 12.8 Å². The van der Waals surface area contributed by atoms with E-state index < -0.39 is 10.0 Å². The van der Waals surface area contributed by atoms with Crippen molar-refractivity contribution in [3.8, 4) is 0 Å². The van der Waals surface area contributed by atoms with E-state index in [2.05, 4.69) is 22.3 Å². The summed E-state index contributed by atoms with van der Waals surface area (Å²) in [7, 11) is -2.16. The normalized spacial score (nSPS) is 22.3. The van der Waals surface area contributed by atoms with E-state index in [1.54, 1.807) is 19.1 Å². The highest BCUT2D eigenvalue weighted by Gasteiger charge is 2.25. The van der Waals surface area contributed by atoms with Crippen LogP contribution >= 0.6 is 0 Å². The zero-order valence-corrected chi connectivity index (χ0v) is 14.0. The maximum atomic E-state index is 12.4. The summed E-state index contributed by atoms with van der Waals surface area (Å²) >= 11 is 0. The van der Waals surface area contributed by atoms with Gasteiger partial charge in [0.2, 0.25) is 15.9 Å². The highest BCUT2D eigenvalue weighted by Crippen LogP contribution is 2.25. The molecule has 0 aliphatic carbocycles. The van der Waals surface area contributed by atoms with E-state index >= 15 is 0 Å². The molecule has 3 N–H and O–H groups in total. The van der Waals surface area contributed by atoms with Crippen molar-refractivity contribution in [3.63, 3.8) is 0 Å². The van der Waals surface area contributed by atoms with Gasteiger partial charge >= 0.3 is 0 Å². The summed E-state index contributed by atoms with van der Waals surface area (Å²) in [5.74, 6) is -0.0873. The van der Waals surface area contributed by atoms with Crippen LogP contribution < -0.4 is 15.4 Å². The van der Waals surface area contributed by atoms with Gasteiger partial charge in [0.15, 0.2) is 0 Å². The molecule has 6 nitrogen and oxygen atoms in total. The molecule has 2 atom stereocenters. The molecule has 1 amide bonds. The Hall–Kier alpha value is -1.44. The summed E-state index contributed by atoms with van der Waals surface area (Å²) < 4.78 is 26.2. The molecule has 1 aliphatic heterocycles. The van der Waals surface area contributed by atoms with Crippen molar-refractivity contribution < 1.29 is 13.2 Å². The second-order valence-corrected chi connectivity index (χ2v) is 7.56. The summed E-state index contributed by atoms with van der Waals surface area (Å²) in [6.45, 7) is 4.59. The lowest BCUT2D eigenvalue weighted by atomic mass is 9.92. The van der Waals surface area contributed by atoms with Crippen LogP contribution in [0.1, 0.15) is 25.3 Å². The second kappa shape index (κ2) is 6.76. The van der Waals surface area contributed by atoms with E-state index in [-0.39, 0.29) is 16.7 Å². The van der Waals surface area contributed by atoms with Gasteiger partial charge in [0.25, 0.3) is 0 Å². The Bertz CT molecular complexity index is 658. The number of benzene rings is 1. The third-order valence-electron chi connectivity index (χ3n) is 4.09. The van der Waals surface area contributed by atoms with E-state index in [9.17, 15) is 13.2 Å². The smallest absolute Gasteiger partial charge is 0.240 e. The Labute approximate surface area is 131 Å². The number of rotatable bonds is 4. The van der Waals surface area contributed by atoms with E-state index in [1.165, 1.54) is 13.1 Å². The van der Waals surface area contributed by atoms with Gasteiger partial charge in [0.05, 0.1) is 4.90 Å². The first-order valence-corrected chi connectivity index (χ1v) is 8.91. The molecule has 122 valence electrons. The van der Waals surface area contributed by atoms with Crippen LogP contribution in [0.15, 0.2) is 23.1 Å². The summed E-state index contributed by atoms with van der Waals surface area (Å²) in [5.41, 5.74) is 1.10. The first-order valence-electron chi connectivity index (χ1n) is 7.42. The molecule has 0 radical (unpaired) electrons. The van der Waals surface area contributed by atoms with E-state index in [1.807, 2.05) is 0 Å². The fraction of sp³-hybridized carbons (Fsp3) is 0.533. The topological polar surface area (TPSA) is 87.3 Å². The molecular formula is C15H23N3O3S. The van der Waals surface area contributed by atoms with Crippen molar-refractivity contribution in [2.24, 2.45) is 5.92 Å². The van der Waals surface area contributed by atoms with Gasteiger partial charge in [0, 0.05) is 17.6 Å². The largest absolute Gasteiger partial charge is 0.326 e. The summed E-state index contributed by atoms with van der Waals surface area (Å²) in [6.07, 6.45) is 1.59. The highest BCUT2D eigenvalue weighted by atomic mass is 32.2. The van der Waals surface area contributed by atoms with Crippen LogP contribution in [0.3, 0.4) is 0 Å². The number of sulfonamides is 1. The Kier molecular flexibility index (Phi) is 5.20. The predicted octanol–water partition coefficient (Wildman–Crippen LogP) is 1.23. The van der Waals surface area contributed by atoms with Crippen LogP contribution in [0.25, 0.3) is 0 Å².